The van der Waals surface area contributed by atoms with E-state index in [2.05, 4.69) is 13.8 Å². The van der Waals surface area contributed by atoms with Crippen LogP contribution in [0.1, 0.15) is 53.4 Å². The minimum atomic E-state index is -0.0570. The number of carbonyl (C=O) groups is 1. The highest BCUT2D eigenvalue weighted by Crippen LogP contribution is 2.31. The summed E-state index contributed by atoms with van der Waals surface area (Å²) in [6.45, 7) is 8.85. The van der Waals surface area contributed by atoms with E-state index in [4.69, 9.17) is 14.2 Å². The number of rotatable bonds is 9. The molecule has 0 aromatic carbocycles. The highest BCUT2D eigenvalue weighted by atomic mass is 16.6. The maximum Gasteiger partial charge on any atom is 0.309 e. The first-order valence-electron chi connectivity index (χ1n) is 8.02. The van der Waals surface area contributed by atoms with Crippen LogP contribution in [0.5, 0.6) is 0 Å². The predicted molar refractivity (Wildman–Crippen MR) is 76.4 cm³/mol. The van der Waals surface area contributed by atoms with Crippen molar-refractivity contribution in [2.75, 3.05) is 6.61 Å². The Labute approximate surface area is 122 Å². The third-order valence-corrected chi connectivity index (χ3v) is 4.62. The quantitative estimate of drug-likeness (QED) is 0.482. The molecule has 2 aliphatic heterocycles. The topological polar surface area (TPSA) is 51.4 Å². The first-order valence-corrected chi connectivity index (χ1v) is 8.02. The summed E-state index contributed by atoms with van der Waals surface area (Å²) in [6.07, 6.45) is 4.99. The van der Waals surface area contributed by atoms with Gasteiger partial charge in [-0.05, 0) is 45.4 Å². The van der Waals surface area contributed by atoms with Gasteiger partial charge in [0.1, 0.15) is 0 Å². The van der Waals surface area contributed by atoms with E-state index in [9.17, 15) is 4.79 Å². The van der Waals surface area contributed by atoms with Crippen LogP contribution in [0.15, 0.2) is 0 Å². The fourth-order valence-corrected chi connectivity index (χ4v) is 2.66. The van der Waals surface area contributed by atoms with Crippen LogP contribution in [0, 0.1) is 11.8 Å². The Hall–Kier alpha value is -0.610. The van der Waals surface area contributed by atoms with Gasteiger partial charge in [-0.1, -0.05) is 13.8 Å². The lowest BCUT2D eigenvalue weighted by Gasteiger charge is -2.17. The lowest BCUT2D eigenvalue weighted by molar-refractivity contribution is -0.150. The van der Waals surface area contributed by atoms with Crippen LogP contribution in [0.3, 0.4) is 0 Å². The summed E-state index contributed by atoms with van der Waals surface area (Å²) in [5.74, 6) is 0.347. The van der Waals surface area contributed by atoms with Gasteiger partial charge in [0.15, 0.2) is 0 Å². The van der Waals surface area contributed by atoms with Crippen LogP contribution >= 0.6 is 0 Å². The van der Waals surface area contributed by atoms with Crippen molar-refractivity contribution in [1.29, 1.82) is 0 Å². The van der Waals surface area contributed by atoms with E-state index in [-0.39, 0.29) is 18.0 Å². The van der Waals surface area contributed by atoms with Gasteiger partial charge in [0.2, 0.25) is 0 Å². The molecule has 2 aliphatic rings. The predicted octanol–water partition coefficient (Wildman–Crippen LogP) is 2.94. The molecule has 0 N–H and O–H groups in total. The zero-order valence-electron chi connectivity index (χ0n) is 13.1. The Kier molecular flexibility index (Phi) is 5.44. The molecule has 0 bridgehead atoms. The van der Waals surface area contributed by atoms with Crippen LogP contribution < -0.4 is 0 Å². The second-order valence-electron chi connectivity index (χ2n) is 6.24. The van der Waals surface area contributed by atoms with Crippen molar-refractivity contribution in [2.24, 2.45) is 11.8 Å². The van der Waals surface area contributed by atoms with E-state index in [1.165, 1.54) is 0 Å². The maximum absolute atomic E-state index is 12.1. The first kappa shape index (κ1) is 15.8. The second-order valence-corrected chi connectivity index (χ2v) is 6.24. The highest BCUT2D eigenvalue weighted by Gasteiger charge is 2.38. The summed E-state index contributed by atoms with van der Waals surface area (Å²) < 4.78 is 16.4. The number of hydrogen-bond acceptors (Lipinski definition) is 4. The van der Waals surface area contributed by atoms with Gasteiger partial charge in [0.25, 0.3) is 0 Å². The summed E-state index contributed by atoms with van der Waals surface area (Å²) in [5.41, 5.74) is 0. The standard InChI is InChI=1S/C16H28O4/c1-5-12(7-14-10(3)19-14)9-18-16(17)13(6-2)8-15-11(4)20-15/h10-15H,5-9H2,1-4H3. The third-order valence-electron chi connectivity index (χ3n) is 4.62. The molecule has 2 saturated heterocycles. The van der Waals surface area contributed by atoms with E-state index in [1.807, 2.05) is 13.8 Å². The van der Waals surface area contributed by atoms with Crippen LogP contribution in [-0.2, 0) is 19.0 Å². The van der Waals surface area contributed by atoms with Crippen molar-refractivity contribution in [3.05, 3.63) is 0 Å². The van der Waals surface area contributed by atoms with Gasteiger partial charge in [0, 0.05) is 0 Å². The summed E-state index contributed by atoms with van der Waals surface area (Å²) >= 11 is 0. The Bertz CT molecular complexity index is 330. The van der Waals surface area contributed by atoms with Crippen LogP contribution in [0.2, 0.25) is 0 Å². The van der Waals surface area contributed by atoms with Crippen molar-refractivity contribution in [3.63, 3.8) is 0 Å². The van der Waals surface area contributed by atoms with Crippen LogP contribution in [-0.4, -0.2) is 37.0 Å². The summed E-state index contributed by atoms with van der Waals surface area (Å²) in [6, 6.07) is 0. The van der Waals surface area contributed by atoms with Gasteiger partial charge in [-0.3, -0.25) is 4.79 Å². The number of esters is 1. The molecule has 6 unspecified atom stereocenters. The molecule has 2 fully saturated rings. The van der Waals surface area contributed by atoms with Crippen LogP contribution in [0.25, 0.3) is 0 Å². The molecule has 0 saturated carbocycles. The molecule has 6 atom stereocenters. The zero-order valence-corrected chi connectivity index (χ0v) is 13.1. The Morgan fingerprint density at radius 3 is 2.05 bits per heavy atom. The normalized spacial score (nSPS) is 34.4. The summed E-state index contributed by atoms with van der Waals surface area (Å²) in [5, 5.41) is 0. The molecule has 116 valence electrons. The van der Waals surface area contributed by atoms with Crippen molar-refractivity contribution >= 4 is 5.97 Å². The smallest absolute Gasteiger partial charge is 0.309 e. The average Bonchev–Trinajstić information content (AvgIpc) is 3.32. The van der Waals surface area contributed by atoms with E-state index >= 15 is 0 Å². The molecule has 4 heteroatoms. The number of ether oxygens (including phenoxy) is 3. The molecule has 2 heterocycles. The van der Waals surface area contributed by atoms with E-state index < -0.39 is 0 Å². The van der Waals surface area contributed by atoms with E-state index in [1.54, 1.807) is 0 Å². The van der Waals surface area contributed by atoms with Gasteiger partial charge in [-0.15, -0.1) is 0 Å². The Balaban J connectivity index is 1.68. The molecule has 4 nitrogen and oxygen atoms in total. The van der Waals surface area contributed by atoms with Crippen molar-refractivity contribution in [3.8, 4) is 0 Å². The SMILES string of the molecule is CCC(COC(=O)C(CC)CC1OC1C)CC1OC1C. The zero-order chi connectivity index (χ0) is 14.7. The van der Waals surface area contributed by atoms with Gasteiger partial charge < -0.3 is 14.2 Å². The van der Waals surface area contributed by atoms with Gasteiger partial charge >= 0.3 is 5.97 Å². The molecular formula is C16H28O4. The van der Waals surface area contributed by atoms with Crippen molar-refractivity contribution in [2.45, 2.75) is 77.8 Å². The Morgan fingerprint density at radius 2 is 1.60 bits per heavy atom. The third kappa shape index (κ3) is 4.45. The molecule has 0 aliphatic carbocycles. The van der Waals surface area contributed by atoms with Gasteiger partial charge in [-0.25, -0.2) is 0 Å². The molecule has 0 aromatic rings. The molecule has 2 rings (SSSR count). The molecule has 0 aromatic heterocycles. The second kappa shape index (κ2) is 6.90. The van der Waals surface area contributed by atoms with Gasteiger partial charge in [0.05, 0.1) is 36.9 Å². The molecular weight excluding hydrogens is 256 g/mol. The monoisotopic (exact) mass is 284 g/mol. The van der Waals surface area contributed by atoms with Gasteiger partial charge in [-0.2, -0.15) is 0 Å². The maximum atomic E-state index is 12.1. The minimum absolute atomic E-state index is 0.0152. The largest absolute Gasteiger partial charge is 0.465 e. The van der Waals surface area contributed by atoms with E-state index in [0.29, 0.717) is 30.8 Å². The molecule has 0 amide bonds. The summed E-state index contributed by atoms with van der Waals surface area (Å²) in [7, 11) is 0. The average molecular weight is 284 g/mol. The molecule has 20 heavy (non-hydrogen) atoms. The number of carbonyl (C=O) groups excluding carboxylic acids is 1. The fourth-order valence-electron chi connectivity index (χ4n) is 2.66. The highest BCUT2D eigenvalue weighted by molar-refractivity contribution is 5.72. The first-order chi connectivity index (χ1) is 9.55. The number of hydrogen-bond donors (Lipinski definition) is 0. The molecule has 0 radical (unpaired) electrons. The van der Waals surface area contributed by atoms with E-state index in [0.717, 1.165) is 25.7 Å². The van der Waals surface area contributed by atoms with Crippen molar-refractivity contribution in [1.82, 2.24) is 0 Å². The lowest BCUT2D eigenvalue weighted by atomic mass is 9.98. The minimum Gasteiger partial charge on any atom is -0.465 e. The fraction of sp³-hybridized carbons (Fsp3) is 0.938. The van der Waals surface area contributed by atoms with Crippen LogP contribution in [0.4, 0.5) is 0 Å². The summed E-state index contributed by atoms with van der Waals surface area (Å²) in [4.78, 5) is 12.1. The lowest BCUT2D eigenvalue weighted by Crippen LogP contribution is -2.23. The molecule has 0 spiro atoms. The number of epoxide rings is 2. The van der Waals surface area contributed by atoms with Crippen molar-refractivity contribution < 1.29 is 19.0 Å². The Morgan fingerprint density at radius 1 is 1.05 bits per heavy atom.